The Hall–Kier alpha value is -4.16. The molecule has 182 valence electrons. The number of nitrogens with two attached hydrogens (primary N) is 1. The zero-order valence-electron chi connectivity index (χ0n) is 19.9. The van der Waals surface area contributed by atoms with Gasteiger partial charge in [-0.05, 0) is 25.2 Å². The maximum absolute atomic E-state index is 5.93. The molecule has 0 unspecified atom stereocenters. The molecule has 0 saturated carbocycles. The van der Waals surface area contributed by atoms with E-state index < -0.39 is 0 Å². The minimum atomic E-state index is 0.189. The van der Waals surface area contributed by atoms with Crippen LogP contribution >= 0.6 is 0 Å². The molecule has 0 spiro atoms. The highest BCUT2D eigenvalue weighted by Crippen LogP contribution is 2.30. The second-order valence-electron chi connectivity index (χ2n) is 9.50. The topological polar surface area (TPSA) is 145 Å². The first kappa shape index (κ1) is 21.1. The predicted octanol–water partition coefficient (Wildman–Crippen LogP) is 1.25. The molecule has 0 radical (unpaired) electrons. The largest absolute Gasteiger partial charge is 0.352 e. The molecule has 2 saturated heterocycles. The number of nitrogens with zero attached hydrogens (tertiary/aromatic N) is 9. The van der Waals surface area contributed by atoms with E-state index in [1.54, 1.807) is 12.4 Å². The van der Waals surface area contributed by atoms with Gasteiger partial charge in [0.25, 0.3) is 0 Å². The fourth-order valence-electron chi connectivity index (χ4n) is 4.82. The average Bonchev–Trinajstić information content (AvgIpc) is 3.51. The molecular weight excluding hydrogens is 456 g/mol. The molecule has 2 aliphatic rings. The molecule has 5 aromatic heterocycles. The monoisotopic (exact) mass is 482 g/mol. The van der Waals surface area contributed by atoms with Crippen molar-refractivity contribution < 1.29 is 0 Å². The lowest BCUT2D eigenvalue weighted by molar-refractivity contribution is 0.312. The van der Waals surface area contributed by atoms with Gasteiger partial charge in [0.15, 0.2) is 17.3 Å². The fourth-order valence-corrected chi connectivity index (χ4v) is 4.82. The van der Waals surface area contributed by atoms with Crippen molar-refractivity contribution in [1.82, 2.24) is 45.0 Å². The third kappa shape index (κ3) is 3.53. The van der Waals surface area contributed by atoms with Crippen LogP contribution in [0.5, 0.6) is 0 Å². The zero-order valence-corrected chi connectivity index (χ0v) is 19.9. The average molecular weight is 483 g/mol. The first-order chi connectivity index (χ1) is 17.6. The predicted molar refractivity (Wildman–Crippen MR) is 138 cm³/mol. The van der Waals surface area contributed by atoms with Gasteiger partial charge in [0.1, 0.15) is 22.5 Å². The van der Waals surface area contributed by atoms with Crippen LogP contribution in [0.1, 0.15) is 0 Å². The summed E-state index contributed by atoms with van der Waals surface area (Å²) in [5.74, 6) is 2.36. The number of anilines is 2. The summed E-state index contributed by atoms with van der Waals surface area (Å²) >= 11 is 0. The normalized spacial score (nSPS) is 17.3. The Kier molecular flexibility index (Phi) is 4.82. The number of fused-ring (bicyclic) bond motifs is 2. The summed E-state index contributed by atoms with van der Waals surface area (Å²) in [6, 6.07) is 6.02. The van der Waals surface area contributed by atoms with Crippen molar-refractivity contribution in [2.45, 2.75) is 6.04 Å². The Morgan fingerprint density at radius 3 is 2.58 bits per heavy atom. The molecule has 7 rings (SSSR count). The van der Waals surface area contributed by atoms with Crippen molar-refractivity contribution >= 4 is 33.7 Å². The maximum atomic E-state index is 5.93. The standard InChI is InChI=1S/C24H26N12/c1-34-6-8-35(9-7-34)24-21-16(4-5-27-24)30-23(31-21)22-20-17(32-33-22)3-2-15(29-20)18-10-26-11-19(28-18)36-12-14(25)13-36/h2-5,10-11,14H,6-9,12-13,25H2,1H3,(H,30,31)(H,32,33). The highest BCUT2D eigenvalue weighted by molar-refractivity contribution is 5.93. The second-order valence-corrected chi connectivity index (χ2v) is 9.50. The van der Waals surface area contributed by atoms with E-state index in [2.05, 4.69) is 46.9 Å². The van der Waals surface area contributed by atoms with Gasteiger partial charge in [-0.3, -0.25) is 10.1 Å². The third-order valence-electron chi connectivity index (χ3n) is 6.93. The number of imidazole rings is 1. The maximum Gasteiger partial charge on any atom is 0.161 e. The quantitative estimate of drug-likeness (QED) is 0.342. The summed E-state index contributed by atoms with van der Waals surface area (Å²) in [7, 11) is 2.14. The number of piperazine rings is 1. The number of likely N-dealkylation sites (N-methyl/N-ethyl adjacent to an activating group) is 1. The molecule has 0 bridgehead atoms. The molecule has 12 heteroatoms. The van der Waals surface area contributed by atoms with Crippen LogP contribution in [0, 0.1) is 0 Å². The van der Waals surface area contributed by atoms with Gasteiger partial charge in [-0.1, -0.05) is 0 Å². The lowest BCUT2D eigenvalue weighted by Gasteiger charge is -2.37. The Bertz CT molecular complexity index is 1560. The molecule has 12 nitrogen and oxygen atoms in total. The number of pyridine rings is 2. The van der Waals surface area contributed by atoms with Crippen LogP contribution in [0.3, 0.4) is 0 Å². The van der Waals surface area contributed by atoms with Crippen molar-refractivity contribution in [2.75, 3.05) is 56.1 Å². The van der Waals surface area contributed by atoms with Crippen molar-refractivity contribution in [3.8, 4) is 22.9 Å². The van der Waals surface area contributed by atoms with Gasteiger partial charge in [0, 0.05) is 51.5 Å². The second kappa shape index (κ2) is 8.21. The summed E-state index contributed by atoms with van der Waals surface area (Å²) in [6.07, 6.45) is 5.32. The van der Waals surface area contributed by atoms with Crippen LogP contribution < -0.4 is 15.5 Å². The van der Waals surface area contributed by atoms with E-state index in [1.165, 1.54) is 0 Å². The molecule has 0 aliphatic carbocycles. The Balaban J connectivity index is 1.26. The summed E-state index contributed by atoms with van der Waals surface area (Å²) in [6.45, 7) is 5.41. The Labute approximate surface area is 206 Å². The zero-order chi connectivity index (χ0) is 24.2. The smallest absolute Gasteiger partial charge is 0.161 e. The number of hydrogen-bond donors (Lipinski definition) is 3. The highest BCUT2D eigenvalue weighted by atomic mass is 15.3. The number of aromatic nitrogens is 8. The molecule has 5 aromatic rings. The van der Waals surface area contributed by atoms with E-state index >= 15 is 0 Å². The number of aromatic amines is 2. The highest BCUT2D eigenvalue weighted by Gasteiger charge is 2.25. The van der Waals surface area contributed by atoms with Gasteiger partial charge < -0.3 is 25.4 Å². The summed E-state index contributed by atoms with van der Waals surface area (Å²) in [5, 5.41) is 7.63. The van der Waals surface area contributed by atoms with Crippen molar-refractivity contribution in [2.24, 2.45) is 5.73 Å². The molecule has 4 N–H and O–H groups in total. The third-order valence-corrected chi connectivity index (χ3v) is 6.93. The van der Waals surface area contributed by atoms with Crippen LogP contribution in [-0.4, -0.2) is 97.4 Å². The molecular formula is C24H26N12. The van der Waals surface area contributed by atoms with Crippen molar-refractivity contribution in [3.05, 3.63) is 36.8 Å². The molecule has 36 heavy (non-hydrogen) atoms. The number of H-pyrrole nitrogens is 2. The number of hydrogen-bond acceptors (Lipinski definition) is 10. The van der Waals surface area contributed by atoms with Crippen molar-refractivity contribution in [1.29, 1.82) is 0 Å². The van der Waals surface area contributed by atoms with Gasteiger partial charge in [-0.15, -0.1) is 0 Å². The van der Waals surface area contributed by atoms with Crippen LogP contribution in [-0.2, 0) is 0 Å². The molecule has 0 atom stereocenters. The lowest BCUT2D eigenvalue weighted by Crippen LogP contribution is -2.56. The summed E-state index contributed by atoms with van der Waals surface area (Å²) in [5.41, 5.74) is 11.3. The Morgan fingerprint density at radius 1 is 0.889 bits per heavy atom. The number of nitrogens with one attached hydrogen (secondary N) is 2. The van der Waals surface area contributed by atoms with Crippen molar-refractivity contribution in [3.63, 3.8) is 0 Å². The fraction of sp³-hybridized carbons (Fsp3) is 0.333. The molecule has 2 fully saturated rings. The van der Waals surface area contributed by atoms with E-state index in [1.807, 2.05) is 24.4 Å². The van der Waals surface area contributed by atoms with Gasteiger partial charge >= 0.3 is 0 Å². The van der Waals surface area contributed by atoms with E-state index in [0.717, 1.165) is 78.7 Å². The van der Waals surface area contributed by atoms with E-state index in [9.17, 15) is 0 Å². The summed E-state index contributed by atoms with van der Waals surface area (Å²) < 4.78 is 0. The molecule has 0 aromatic carbocycles. The van der Waals surface area contributed by atoms with Gasteiger partial charge in [-0.2, -0.15) is 5.10 Å². The summed E-state index contributed by atoms with van der Waals surface area (Å²) in [4.78, 5) is 33.8. The minimum Gasteiger partial charge on any atom is -0.352 e. The van der Waals surface area contributed by atoms with E-state index in [-0.39, 0.29) is 6.04 Å². The minimum absolute atomic E-state index is 0.189. The molecule has 2 aliphatic heterocycles. The van der Waals surface area contributed by atoms with Crippen LogP contribution in [0.15, 0.2) is 36.8 Å². The van der Waals surface area contributed by atoms with E-state index in [4.69, 9.17) is 20.7 Å². The Morgan fingerprint density at radius 2 is 1.75 bits per heavy atom. The van der Waals surface area contributed by atoms with Gasteiger partial charge in [0.2, 0.25) is 0 Å². The van der Waals surface area contributed by atoms with Crippen LogP contribution in [0.4, 0.5) is 11.6 Å². The first-order valence-corrected chi connectivity index (χ1v) is 12.1. The van der Waals surface area contributed by atoms with Crippen LogP contribution in [0.25, 0.3) is 45.0 Å². The van der Waals surface area contributed by atoms with Gasteiger partial charge in [0.05, 0.1) is 29.1 Å². The van der Waals surface area contributed by atoms with E-state index in [0.29, 0.717) is 17.2 Å². The number of rotatable bonds is 4. The molecule has 7 heterocycles. The lowest BCUT2D eigenvalue weighted by atomic mass is 10.1. The SMILES string of the molecule is CN1CCN(c2nccc3[nH]c(-c4n[nH]c5ccc(-c6cncc(N7CC(N)C7)n6)nc45)nc23)CC1. The van der Waals surface area contributed by atoms with Gasteiger partial charge in [-0.25, -0.2) is 19.9 Å². The van der Waals surface area contributed by atoms with Crippen LogP contribution in [0.2, 0.25) is 0 Å². The first-order valence-electron chi connectivity index (χ1n) is 12.1. The molecule has 0 amide bonds.